The van der Waals surface area contributed by atoms with Crippen LogP contribution in [0.3, 0.4) is 0 Å². The van der Waals surface area contributed by atoms with Gasteiger partial charge in [-0.1, -0.05) is 242 Å². The van der Waals surface area contributed by atoms with Crippen LogP contribution >= 0.6 is 0 Å². The molecule has 0 saturated carbocycles. The highest BCUT2D eigenvalue weighted by molar-refractivity contribution is 5.81. The quantitative estimate of drug-likeness (QED) is 0.0704. The molecule has 0 atom stereocenters. The summed E-state index contributed by atoms with van der Waals surface area (Å²) in [7, 11) is 0. The summed E-state index contributed by atoms with van der Waals surface area (Å²) in [6, 6.07) is 81.9. The summed E-state index contributed by atoms with van der Waals surface area (Å²) < 4.78 is 0. The number of hydrogen-bond acceptors (Lipinski definition) is 2. The monoisotopic (exact) mass is 900 g/mol. The van der Waals surface area contributed by atoms with Crippen LogP contribution in [0, 0.1) is 13.8 Å². The smallest absolute Gasteiger partial charge is 0.0462 e. The maximum absolute atomic E-state index is 2.31. The van der Waals surface area contributed by atoms with Crippen molar-refractivity contribution in [2.75, 3.05) is 9.80 Å². The van der Waals surface area contributed by atoms with E-state index in [0.717, 1.165) is 67.5 Å². The van der Waals surface area contributed by atoms with Crippen molar-refractivity contribution in [1.29, 1.82) is 0 Å². The van der Waals surface area contributed by atoms with Gasteiger partial charge in [-0.05, 0) is 131 Å². The van der Waals surface area contributed by atoms with Gasteiger partial charge in [-0.2, -0.15) is 0 Å². The normalized spacial score (nSPS) is 11.8. The summed E-state index contributed by atoms with van der Waals surface area (Å²) in [5.74, 6) is 0. The van der Waals surface area contributed by atoms with Crippen LogP contribution < -0.4 is 9.80 Å². The molecule has 2 heteroatoms. The third-order valence-corrected chi connectivity index (χ3v) is 12.0. The second-order valence-corrected chi connectivity index (χ2v) is 17.3. The van der Waals surface area contributed by atoms with Gasteiger partial charge in [-0.3, -0.25) is 0 Å². The average molecular weight is 901 g/mol. The summed E-state index contributed by atoms with van der Waals surface area (Å²) in [6.07, 6.45) is 25.6. The molecule has 9 rings (SSSR count). The lowest BCUT2D eigenvalue weighted by Gasteiger charge is -2.26. The number of nitrogens with zero attached hydrogens (tertiary/aromatic N) is 2. The van der Waals surface area contributed by atoms with Crippen molar-refractivity contribution in [3.8, 4) is 0 Å². The zero-order valence-electron chi connectivity index (χ0n) is 39.8. The third kappa shape index (κ3) is 12.7. The van der Waals surface area contributed by atoms with Gasteiger partial charge in [0, 0.05) is 34.1 Å². The Morgan fingerprint density at radius 3 is 0.629 bits per heavy atom. The van der Waals surface area contributed by atoms with Gasteiger partial charge in [-0.15, -0.1) is 0 Å². The first-order valence-corrected chi connectivity index (χ1v) is 23.9. The second-order valence-electron chi connectivity index (χ2n) is 17.3. The van der Waals surface area contributed by atoms with Crippen LogP contribution in [0.5, 0.6) is 0 Å². The standard InChI is InChI=1S/C68H56N2/c1-53-21-41-63(42-22-53)69(65-45-33-57(34-46-65)19-11-9-17-55-13-5-3-6-14-55)67-49-37-61(38-50-67)31-29-59-25-27-60(28-26-59)30-32-62-39-51-68(52-40-62)70(64-43-23-54(2)24-44-64)66-47-35-58(36-48-66)20-12-10-18-56-15-7-4-8-16-56/h3-52H,1-2H3/b17-9+,18-10+,19-11+,20-12+,31-29+,32-30+. The molecule has 0 aromatic heterocycles. The Labute approximate surface area is 414 Å². The van der Waals surface area contributed by atoms with Gasteiger partial charge in [0.1, 0.15) is 0 Å². The molecule has 0 aliphatic heterocycles. The molecule has 70 heavy (non-hydrogen) atoms. The van der Waals surface area contributed by atoms with E-state index in [1.807, 2.05) is 12.1 Å². The molecule has 9 aromatic rings. The lowest BCUT2D eigenvalue weighted by molar-refractivity contribution is 1.27. The molecule has 0 aliphatic rings. The molecular weight excluding hydrogens is 845 g/mol. The largest absolute Gasteiger partial charge is 0.311 e. The summed E-state index contributed by atoms with van der Waals surface area (Å²) in [4.78, 5) is 4.62. The highest BCUT2D eigenvalue weighted by Gasteiger charge is 2.14. The van der Waals surface area contributed by atoms with Gasteiger partial charge >= 0.3 is 0 Å². The fraction of sp³-hybridized carbons (Fsp3) is 0.0294. The Bertz CT molecular complexity index is 3000. The highest BCUT2D eigenvalue weighted by Crippen LogP contribution is 2.37. The van der Waals surface area contributed by atoms with Crippen LogP contribution in [0.1, 0.15) is 55.6 Å². The summed E-state index contributed by atoms with van der Waals surface area (Å²) in [6.45, 7) is 4.25. The molecule has 0 heterocycles. The van der Waals surface area contributed by atoms with Gasteiger partial charge in [-0.25, -0.2) is 0 Å². The van der Waals surface area contributed by atoms with Crippen LogP contribution in [-0.4, -0.2) is 0 Å². The van der Waals surface area contributed by atoms with E-state index in [1.54, 1.807) is 0 Å². The predicted molar refractivity (Wildman–Crippen MR) is 305 cm³/mol. The fourth-order valence-corrected chi connectivity index (χ4v) is 8.12. The van der Waals surface area contributed by atoms with Gasteiger partial charge < -0.3 is 9.80 Å². The molecule has 0 unspecified atom stereocenters. The Morgan fingerprint density at radius 1 is 0.200 bits per heavy atom. The van der Waals surface area contributed by atoms with Crippen molar-refractivity contribution >= 4 is 82.7 Å². The fourth-order valence-electron chi connectivity index (χ4n) is 8.12. The molecule has 0 bridgehead atoms. The lowest BCUT2D eigenvalue weighted by atomic mass is 10.1. The summed E-state index contributed by atoms with van der Waals surface area (Å²) >= 11 is 0. The first-order valence-electron chi connectivity index (χ1n) is 23.9. The number of allylic oxidation sites excluding steroid dienone is 4. The zero-order valence-corrected chi connectivity index (χ0v) is 39.8. The van der Waals surface area contributed by atoms with Crippen LogP contribution in [0.15, 0.2) is 255 Å². The minimum atomic E-state index is 1.10. The average Bonchev–Trinajstić information content (AvgIpc) is 3.41. The minimum Gasteiger partial charge on any atom is -0.311 e. The number of rotatable bonds is 16. The van der Waals surface area contributed by atoms with E-state index in [0.29, 0.717) is 0 Å². The molecule has 2 nitrogen and oxygen atoms in total. The van der Waals surface area contributed by atoms with E-state index >= 15 is 0 Å². The van der Waals surface area contributed by atoms with Crippen LogP contribution in [-0.2, 0) is 0 Å². The second kappa shape index (κ2) is 23.2. The molecule has 0 amide bonds. The Morgan fingerprint density at radius 2 is 0.386 bits per heavy atom. The van der Waals surface area contributed by atoms with E-state index in [4.69, 9.17) is 0 Å². The lowest BCUT2D eigenvalue weighted by Crippen LogP contribution is -2.09. The molecule has 0 aliphatic carbocycles. The topological polar surface area (TPSA) is 6.48 Å². The van der Waals surface area contributed by atoms with Gasteiger partial charge in [0.2, 0.25) is 0 Å². The van der Waals surface area contributed by atoms with Crippen molar-refractivity contribution in [2.45, 2.75) is 13.8 Å². The van der Waals surface area contributed by atoms with Gasteiger partial charge in [0.25, 0.3) is 0 Å². The van der Waals surface area contributed by atoms with Crippen molar-refractivity contribution in [3.05, 3.63) is 310 Å². The third-order valence-electron chi connectivity index (χ3n) is 12.0. The molecular formula is C68H56N2. The first kappa shape index (κ1) is 46.1. The Hall–Kier alpha value is -8.98. The van der Waals surface area contributed by atoms with Crippen molar-refractivity contribution in [3.63, 3.8) is 0 Å². The minimum absolute atomic E-state index is 1.10. The van der Waals surface area contributed by atoms with Crippen LogP contribution in [0.4, 0.5) is 34.1 Å². The molecule has 338 valence electrons. The van der Waals surface area contributed by atoms with Crippen molar-refractivity contribution < 1.29 is 0 Å². The maximum Gasteiger partial charge on any atom is 0.0462 e. The van der Waals surface area contributed by atoms with E-state index in [1.165, 1.54) is 22.3 Å². The molecule has 0 fully saturated rings. The first-order chi connectivity index (χ1) is 34.5. The van der Waals surface area contributed by atoms with Crippen molar-refractivity contribution in [2.24, 2.45) is 0 Å². The Kier molecular flexibility index (Phi) is 15.3. The molecule has 0 N–H and O–H groups in total. The number of anilines is 6. The maximum atomic E-state index is 2.31. The van der Waals surface area contributed by atoms with Crippen molar-refractivity contribution in [1.82, 2.24) is 0 Å². The summed E-state index contributed by atoms with van der Waals surface area (Å²) in [5.41, 5.74) is 18.4. The van der Waals surface area contributed by atoms with E-state index < -0.39 is 0 Å². The van der Waals surface area contributed by atoms with Gasteiger partial charge in [0.05, 0.1) is 0 Å². The molecule has 0 radical (unpaired) electrons. The van der Waals surface area contributed by atoms with Gasteiger partial charge in [0.15, 0.2) is 0 Å². The highest BCUT2D eigenvalue weighted by atomic mass is 15.1. The number of benzene rings is 9. The van der Waals surface area contributed by atoms with E-state index in [9.17, 15) is 0 Å². The van der Waals surface area contributed by atoms with E-state index in [-0.39, 0.29) is 0 Å². The predicted octanol–water partition coefficient (Wildman–Crippen LogP) is 19.0. The van der Waals surface area contributed by atoms with Crippen LogP contribution in [0.25, 0.3) is 48.6 Å². The molecule has 0 saturated heterocycles. The molecule has 9 aromatic carbocycles. The Balaban J connectivity index is 0.835. The number of hydrogen-bond donors (Lipinski definition) is 0. The van der Waals surface area contributed by atoms with Crippen LogP contribution in [0.2, 0.25) is 0 Å². The van der Waals surface area contributed by atoms with E-state index in [2.05, 4.69) is 315 Å². The molecule has 0 spiro atoms. The zero-order chi connectivity index (χ0) is 47.7. The summed E-state index contributed by atoms with van der Waals surface area (Å²) in [5, 5.41) is 0. The number of aryl methyl sites for hydroxylation is 2. The SMILES string of the molecule is Cc1ccc(N(c2ccc(/C=C/C=C/c3ccccc3)cc2)c2ccc(/C=C/c3ccc(/C=C/c4ccc(N(c5ccc(C)cc5)c5ccc(/C=C/C=C/c6ccccc6)cc5)cc4)cc3)cc2)cc1.